The van der Waals surface area contributed by atoms with Gasteiger partial charge in [-0.3, -0.25) is 4.79 Å². The molecule has 1 saturated heterocycles. The molecule has 6 nitrogen and oxygen atoms in total. The summed E-state index contributed by atoms with van der Waals surface area (Å²) in [5.41, 5.74) is 2.13. The van der Waals surface area contributed by atoms with Crippen LogP contribution in [0.3, 0.4) is 0 Å². The molecule has 4 rings (SSSR count). The van der Waals surface area contributed by atoms with Gasteiger partial charge in [-0.05, 0) is 24.3 Å². The van der Waals surface area contributed by atoms with Crippen molar-refractivity contribution in [2.75, 3.05) is 33.4 Å². The molecule has 138 valence electrons. The number of benzene rings is 2. The average Bonchev–Trinajstić information content (AvgIpc) is 3.24. The van der Waals surface area contributed by atoms with Gasteiger partial charge in [-0.15, -0.1) is 0 Å². The van der Waals surface area contributed by atoms with Gasteiger partial charge in [0.05, 0.1) is 32.1 Å². The Hall–Kier alpha value is -3.12. The summed E-state index contributed by atoms with van der Waals surface area (Å²) in [4.78, 5) is 19.1. The van der Waals surface area contributed by atoms with Crippen molar-refractivity contribution in [3.63, 3.8) is 0 Å². The number of rotatable bonds is 4. The van der Waals surface area contributed by atoms with Crippen molar-refractivity contribution in [3.8, 4) is 28.5 Å². The quantitative estimate of drug-likeness (QED) is 0.709. The number of morpholine rings is 1. The maximum atomic E-state index is 12.9. The van der Waals surface area contributed by atoms with Crippen molar-refractivity contribution >= 4 is 5.91 Å². The highest BCUT2D eigenvalue weighted by Crippen LogP contribution is 2.30. The zero-order valence-electron chi connectivity index (χ0n) is 15.1. The second kappa shape index (κ2) is 7.63. The molecule has 27 heavy (non-hydrogen) atoms. The summed E-state index contributed by atoms with van der Waals surface area (Å²) < 4.78 is 16.6. The molecule has 0 bridgehead atoms. The van der Waals surface area contributed by atoms with Crippen molar-refractivity contribution in [2.24, 2.45) is 0 Å². The standard InChI is InChI=1S/C21H20N2O4/c1-25-16-6-4-5-15(13-16)19-14-22-20(27-19)17-7-2-3-8-18(17)21(24)23-9-11-26-12-10-23/h2-8,13-14H,9-12H2,1H3. The van der Waals surface area contributed by atoms with Crippen LogP contribution < -0.4 is 4.74 Å². The highest BCUT2D eigenvalue weighted by molar-refractivity contribution is 6.00. The Morgan fingerprint density at radius 2 is 1.93 bits per heavy atom. The van der Waals surface area contributed by atoms with E-state index in [9.17, 15) is 4.79 Å². The van der Waals surface area contributed by atoms with E-state index >= 15 is 0 Å². The summed E-state index contributed by atoms with van der Waals surface area (Å²) in [7, 11) is 1.62. The second-order valence-electron chi connectivity index (χ2n) is 6.21. The summed E-state index contributed by atoms with van der Waals surface area (Å²) >= 11 is 0. The molecule has 6 heteroatoms. The first-order valence-corrected chi connectivity index (χ1v) is 8.83. The zero-order chi connectivity index (χ0) is 18.6. The molecule has 0 atom stereocenters. The number of methoxy groups -OCH3 is 1. The smallest absolute Gasteiger partial charge is 0.254 e. The van der Waals surface area contributed by atoms with Gasteiger partial charge < -0.3 is 18.8 Å². The highest BCUT2D eigenvalue weighted by Gasteiger charge is 2.23. The van der Waals surface area contributed by atoms with Gasteiger partial charge in [0.15, 0.2) is 5.76 Å². The molecular weight excluding hydrogens is 344 g/mol. The van der Waals surface area contributed by atoms with Gasteiger partial charge in [0.2, 0.25) is 5.89 Å². The van der Waals surface area contributed by atoms with E-state index in [0.29, 0.717) is 49.1 Å². The van der Waals surface area contributed by atoms with Gasteiger partial charge in [-0.2, -0.15) is 0 Å². The Kier molecular flexibility index (Phi) is 4.89. The molecule has 1 aliphatic heterocycles. The minimum Gasteiger partial charge on any atom is -0.497 e. The van der Waals surface area contributed by atoms with Crippen LogP contribution in [0.15, 0.2) is 59.1 Å². The van der Waals surface area contributed by atoms with Crippen LogP contribution in [0.5, 0.6) is 5.75 Å². The molecule has 1 amide bonds. The summed E-state index contributed by atoms with van der Waals surface area (Å²) in [6.07, 6.45) is 1.67. The Morgan fingerprint density at radius 1 is 1.11 bits per heavy atom. The molecule has 3 aromatic rings. The Labute approximate surface area is 157 Å². The van der Waals surface area contributed by atoms with Gasteiger partial charge in [-0.1, -0.05) is 24.3 Å². The van der Waals surface area contributed by atoms with Gasteiger partial charge in [0, 0.05) is 24.2 Å². The van der Waals surface area contributed by atoms with Crippen LogP contribution in [-0.4, -0.2) is 49.2 Å². The van der Waals surface area contributed by atoms with E-state index < -0.39 is 0 Å². The first-order valence-electron chi connectivity index (χ1n) is 8.83. The van der Waals surface area contributed by atoms with Crippen LogP contribution in [0.25, 0.3) is 22.8 Å². The Morgan fingerprint density at radius 3 is 2.74 bits per heavy atom. The van der Waals surface area contributed by atoms with Crippen LogP contribution in [-0.2, 0) is 4.74 Å². The normalized spacial score (nSPS) is 14.2. The predicted octanol–water partition coefficient (Wildman–Crippen LogP) is 3.49. The average molecular weight is 364 g/mol. The van der Waals surface area contributed by atoms with Crippen molar-refractivity contribution in [3.05, 3.63) is 60.3 Å². The number of hydrogen-bond donors (Lipinski definition) is 0. The van der Waals surface area contributed by atoms with Crippen LogP contribution in [0, 0.1) is 0 Å². The molecule has 0 saturated carbocycles. The number of nitrogens with zero attached hydrogens (tertiary/aromatic N) is 2. The first-order chi connectivity index (χ1) is 13.3. The van der Waals surface area contributed by atoms with E-state index in [1.54, 1.807) is 18.2 Å². The molecular formula is C21H20N2O4. The third kappa shape index (κ3) is 3.57. The number of carbonyl (C=O) groups excluding carboxylic acids is 1. The molecule has 0 N–H and O–H groups in total. The first kappa shape index (κ1) is 17.3. The number of aromatic nitrogens is 1. The molecule has 0 spiro atoms. The Balaban J connectivity index is 1.66. The van der Waals surface area contributed by atoms with Crippen LogP contribution in [0.2, 0.25) is 0 Å². The van der Waals surface area contributed by atoms with Crippen LogP contribution in [0.4, 0.5) is 0 Å². The fourth-order valence-corrected chi connectivity index (χ4v) is 3.10. The van der Waals surface area contributed by atoms with E-state index in [-0.39, 0.29) is 5.91 Å². The molecule has 0 aliphatic carbocycles. The number of ether oxygens (including phenoxy) is 2. The van der Waals surface area contributed by atoms with E-state index in [4.69, 9.17) is 13.9 Å². The molecule has 1 aromatic heterocycles. The molecule has 1 fully saturated rings. The van der Waals surface area contributed by atoms with Crippen LogP contribution in [0.1, 0.15) is 10.4 Å². The van der Waals surface area contributed by atoms with E-state index in [0.717, 1.165) is 11.3 Å². The van der Waals surface area contributed by atoms with Gasteiger partial charge in [0.25, 0.3) is 5.91 Å². The number of amides is 1. The lowest BCUT2D eigenvalue weighted by Gasteiger charge is -2.27. The monoisotopic (exact) mass is 364 g/mol. The fraction of sp³-hybridized carbons (Fsp3) is 0.238. The SMILES string of the molecule is COc1cccc(-c2cnc(-c3ccccc3C(=O)N3CCOCC3)o2)c1. The highest BCUT2D eigenvalue weighted by atomic mass is 16.5. The maximum Gasteiger partial charge on any atom is 0.254 e. The van der Waals surface area contributed by atoms with Crippen LogP contribution >= 0.6 is 0 Å². The van der Waals surface area contributed by atoms with Crippen molar-refractivity contribution in [1.82, 2.24) is 9.88 Å². The van der Waals surface area contributed by atoms with Crippen molar-refractivity contribution in [2.45, 2.75) is 0 Å². The zero-order valence-corrected chi connectivity index (χ0v) is 15.1. The van der Waals surface area contributed by atoms with E-state index in [2.05, 4.69) is 4.98 Å². The summed E-state index contributed by atoms with van der Waals surface area (Å²) in [6, 6.07) is 15.0. The summed E-state index contributed by atoms with van der Waals surface area (Å²) in [5.74, 6) is 1.76. The minimum absolute atomic E-state index is 0.0324. The summed E-state index contributed by atoms with van der Waals surface area (Å²) in [5, 5.41) is 0. The molecule has 0 unspecified atom stereocenters. The molecule has 2 aromatic carbocycles. The van der Waals surface area contributed by atoms with E-state index in [1.807, 2.05) is 48.5 Å². The fourth-order valence-electron chi connectivity index (χ4n) is 3.10. The minimum atomic E-state index is -0.0324. The number of oxazole rings is 1. The molecule has 2 heterocycles. The van der Waals surface area contributed by atoms with Crippen molar-refractivity contribution in [1.29, 1.82) is 0 Å². The number of hydrogen-bond acceptors (Lipinski definition) is 5. The molecule has 0 radical (unpaired) electrons. The topological polar surface area (TPSA) is 64.8 Å². The lowest BCUT2D eigenvalue weighted by atomic mass is 10.1. The lowest BCUT2D eigenvalue weighted by Crippen LogP contribution is -2.40. The largest absolute Gasteiger partial charge is 0.497 e. The van der Waals surface area contributed by atoms with E-state index in [1.165, 1.54) is 0 Å². The summed E-state index contributed by atoms with van der Waals surface area (Å²) in [6.45, 7) is 2.31. The van der Waals surface area contributed by atoms with Gasteiger partial charge in [0.1, 0.15) is 5.75 Å². The van der Waals surface area contributed by atoms with Gasteiger partial charge >= 0.3 is 0 Å². The Bertz CT molecular complexity index is 945. The predicted molar refractivity (Wildman–Crippen MR) is 101 cm³/mol. The second-order valence-corrected chi connectivity index (χ2v) is 6.21. The van der Waals surface area contributed by atoms with Crippen molar-refractivity contribution < 1.29 is 18.7 Å². The lowest BCUT2D eigenvalue weighted by molar-refractivity contribution is 0.0303. The van der Waals surface area contributed by atoms with Gasteiger partial charge in [-0.25, -0.2) is 4.98 Å². The third-order valence-electron chi connectivity index (χ3n) is 4.55. The number of carbonyl (C=O) groups is 1. The maximum absolute atomic E-state index is 12.9. The third-order valence-corrected chi connectivity index (χ3v) is 4.55. The molecule has 1 aliphatic rings.